The fourth-order valence-electron chi connectivity index (χ4n) is 3.33. The third kappa shape index (κ3) is 6.18. The van der Waals surface area contributed by atoms with Gasteiger partial charge in [0, 0.05) is 19.6 Å². The third-order valence-electron chi connectivity index (χ3n) is 4.54. The van der Waals surface area contributed by atoms with Crippen LogP contribution in [-0.4, -0.2) is 65.9 Å². The molecule has 0 radical (unpaired) electrons. The van der Waals surface area contributed by atoms with Crippen molar-refractivity contribution in [1.82, 2.24) is 9.80 Å². The molecule has 0 aromatic heterocycles. The van der Waals surface area contributed by atoms with Gasteiger partial charge in [0.15, 0.2) is 0 Å². The van der Waals surface area contributed by atoms with Crippen molar-refractivity contribution in [3.8, 4) is 0 Å². The Labute approximate surface area is 138 Å². The first-order valence-electron chi connectivity index (χ1n) is 8.46. The number of hydrogen-bond donors (Lipinski definition) is 2. The molecule has 0 aliphatic carbocycles. The molecule has 1 aromatic carbocycles. The van der Waals surface area contributed by atoms with Gasteiger partial charge in [0.05, 0.1) is 12.2 Å². The molecule has 0 saturated carbocycles. The number of nitrogens with zero attached hydrogens (tertiary/aromatic N) is 2. The van der Waals surface area contributed by atoms with Crippen LogP contribution in [0.5, 0.6) is 0 Å². The Kier molecular flexibility index (Phi) is 6.96. The Bertz CT molecular complexity index is 459. The van der Waals surface area contributed by atoms with E-state index in [1.165, 1.54) is 12.1 Å². The summed E-state index contributed by atoms with van der Waals surface area (Å²) in [5.41, 5.74) is 0.755. The third-order valence-corrected chi connectivity index (χ3v) is 4.54. The first-order chi connectivity index (χ1) is 10.9. The van der Waals surface area contributed by atoms with Crippen LogP contribution in [0.4, 0.5) is 4.39 Å². The van der Waals surface area contributed by atoms with Crippen molar-refractivity contribution in [3.05, 3.63) is 35.6 Å². The molecule has 23 heavy (non-hydrogen) atoms. The lowest BCUT2D eigenvalue weighted by Crippen LogP contribution is -2.41. The first-order valence-corrected chi connectivity index (χ1v) is 8.46. The first kappa shape index (κ1) is 18.3. The largest absolute Gasteiger partial charge is 0.392 e. The summed E-state index contributed by atoms with van der Waals surface area (Å²) in [5.74, 6) is 0.351. The Balaban J connectivity index is 1.72. The van der Waals surface area contributed by atoms with Gasteiger partial charge in [-0.15, -0.1) is 0 Å². The van der Waals surface area contributed by atoms with Gasteiger partial charge in [-0.2, -0.15) is 0 Å². The van der Waals surface area contributed by atoms with E-state index in [4.69, 9.17) is 0 Å². The number of rotatable bonds is 7. The summed E-state index contributed by atoms with van der Waals surface area (Å²) in [5, 5.41) is 19.7. The van der Waals surface area contributed by atoms with Crippen molar-refractivity contribution in [2.24, 2.45) is 5.92 Å². The molecule has 2 rings (SSSR count). The minimum absolute atomic E-state index is 0.264. The van der Waals surface area contributed by atoms with Crippen LogP contribution >= 0.6 is 0 Å². The summed E-state index contributed by atoms with van der Waals surface area (Å²) in [6.07, 6.45) is 1.41. The van der Waals surface area contributed by atoms with Gasteiger partial charge in [-0.05, 0) is 63.5 Å². The molecular formula is C18H29FN2O2. The number of β-amino-alcohol motifs (C(OH)–C–C–N with tert-alkyl or cyclic N) is 1. The second-order valence-corrected chi connectivity index (χ2v) is 6.88. The average Bonchev–Trinajstić information content (AvgIpc) is 2.49. The molecule has 4 nitrogen and oxygen atoms in total. The molecule has 1 fully saturated rings. The standard InChI is InChI=1S/C18H29FN2O2/c1-14(22)11-21-9-7-15(8-10-21)12-20(2)13-18(23)16-3-5-17(19)6-4-16/h3-6,14-15,18,22-23H,7-13H2,1-2H3/t14-,18-/m1/s1. The number of piperidine rings is 1. The van der Waals surface area contributed by atoms with Gasteiger partial charge in [-0.1, -0.05) is 12.1 Å². The zero-order valence-corrected chi connectivity index (χ0v) is 14.2. The van der Waals surface area contributed by atoms with Gasteiger partial charge in [0.25, 0.3) is 0 Å². The Morgan fingerprint density at radius 1 is 1.22 bits per heavy atom. The van der Waals surface area contributed by atoms with Crippen LogP contribution in [0.1, 0.15) is 31.4 Å². The number of aliphatic hydroxyl groups excluding tert-OH is 2. The molecule has 1 aromatic rings. The van der Waals surface area contributed by atoms with Gasteiger partial charge in [-0.3, -0.25) is 0 Å². The molecule has 2 N–H and O–H groups in total. The van der Waals surface area contributed by atoms with Crippen molar-refractivity contribution in [3.63, 3.8) is 0 Å². The predicted molar refractivity (Wildman–Crippen MR) is 89.7 cm³/mol. The highest BCUT2D eigenvalue weighted by molar-refractivity contribution is 5.18. The molecule has 0 unspecified atom stereocenters. The maximum Gasteiger partial charge on any atom is 0.123 e. The van der Waals surface area contributed by atoms with E-state index < -0.39 is 6.10 Å². The Morgan fingerprint density at radius 3 is 2.39 bits per heavy atom. The second-order valence-electron chi connectivity index (χ2n) is 6.88. The van der Waals surface area contributed by atoms with E-state index in [-0.39, 0.29) is 11.9 Å². The second kappa shape index (κ2) is 8.73. The molecule has 1 heterocycles. The molecular weight excluding hydrogens is 295 g/mol. The number of likely N-dealkylation sites (N-methyl/N-ethyl adjacent to an activating group) is 1. The van der Waals surface area contributed by atoms with Crippen molar-refractivity contribution in [1.29, 1.82) is 0 Å². The van der Waals surface area contributed by atoms with E-state index in [1.807, 2.05) is 14.0 Å². The Morgan fingerprint density at radius 2 is 1.83 bits per heavy atom. The fourth-order valence-corrected chi connectivity index (χ4v) is 3.33. The molecule has 0 spiro atoms. The van der Waals surface area contributed by atoms with Crippen LogP contribution in [0.2, 0.25) is 0 Å². The quantitative estimate of drug-likeness (QED) is 0.804. The lowest BCUT2D eigenvalue weighted by molar-refractivity contribution is 0.0806. The Hall–Kier alpha value is -1.01. The van der Waals surface area contributed by atoms with Gasteiger partial charge in [0.2, 0.25) is 0 Å². The maximum absolute atomic E-state index is 12.9. The van der Waals surface area contributed by atoms with Gasteiger partial charge in [-0.25, -0.2) is 4.39 Å². The van der Waals surface area contributed by atoms with E-state index >= 15 is 0 Å². The van der Waals surface area contributed by atoms with Crippen molar-refractivity contribution in [2.75, 3.05) is 39.8 Å². The van der Waals surface area contributed by atoms with Gasteiger partial charge >= 0.3 is 0 Å². The lowest BCUT2D eigenvalue weighted by Gasteiger charge is -2.34. The summed E-state index contributed by atoms with van der Waals surface area (Å²) < 4.78 is 12.9. The summed E-state index contributed by atoms with van der Waals surface area (Å²) in [6, 6.07) is 6.05. The molecule has 1 aliphatic rings. The average molecular weight is 324 g/mol. The van der Waals surface area contributed by atoms with Crippen LogP contribution in [-0.2, 0) is 0 Å². The van der Waals surface area contributed by atoms with Crippen LogP contribution < -0.4 is 0 Å². The highest BCUT2D eigenvalue weighted by atomic mass is 19.1. The summed E-state index contributed by atoms with van der Waals surface area (Å²) in [6.45, 7) is 6.16. The molecule has 1 saturated heterocycles. The number of hydrogen-bond acceptors (Lipinski definition) is 4. The van der Waals surface area contributed by atoms with Crippen LogP contribution in [0.3, 0.4) is 0 Å². The monoisotopic (exact) mass is 324 g/mol. The number of likely N-dealkylation sites (tertiary alicyclic amines) is 1. The summed E-state index contributed by atoms with van der Waals surface area (Å²) >= 11 is 0. The van der Waals surface area contributed by atoms with Gasteiger partial charge < -0.3 is 20.0 Å². The number of halogens is 1. The van der Waals surface area contributed by atoms with Crippen LogP contribution in [0.25, 0.3) is 0 Å². The summed E-state index contributed by atoms with van der Waals surface area (Å²) in [4.78, 5) is 4.47. The molecule has 130 valence electrons. The van der Waals surface area contributed by atoms with E-state index in [1.54, 1.807) is 12.1 Å². The normalized spacial score (nSPS) is 19.9. The number of aliphatic hydroxyl groups is 2. The maximum atomic E-state index is 12.9. The predicted octanol–water partition coefficient (Wildman–Crippen LogP) is 1.88. The van der Waals surface area contributed by atoms with Crippen molar-refractivity contribution in [2.45, 2.75) is 32.0 Å². The molecule has 1 aliphatic heterocycles. The molecule has 0 amide bonds. The highest BCUT2D eigenvalue weighted by Gasteiger charge is 2.22. The minimum Gasteiger partial charge on any atom is -0.392 e. The minimum atomic E-state index is -0.587. The van der Waals surface area contributed by atoms with E-state index in [9.17, 15) is 14.6 Å². The SMILES string of the molecule is C[C@@H](O)CN1CCC(CN(C)C[C@@H](O)c2ccc(F)cc2)CC1. The van der Waals surface area contributed by atoms with E-state index in [0.29, 0.717) is 12.5 Å². The van der Waals surface area contributed by atoms with E-state index in [0.717, 1.165) is 44.6 Å². The molecule has 0 bridgehead atoms. The topological polar surface area (TPSA) is 46.9 Å². The fraction of sp³-hybridized carbons (Fsp3) is 0.667. The van der Waals surface area contributed by atoms with Gasteiger partial charge in [0.1, 0.15) is 5.82 Å². The summed E-state index contributed by atoms with van der Waals surface area (Å²) in [7, 11) is 2.02. The lowest BCUT2D eigenvalue weighted by atomic mass is 9.96. The highest BCUT2D eigenvalue weighted by Crippen LogP contribution is 2.20. The van der Waals surface area contributed by atoms with Crippen LogP contribution in [0, 0.1) is 11.7 Å². The zero-order chi connectivity index (χ0) is 16.8. The van der Waals surface area contributed by atoms with E-state index in [2.05, 4.69) is 9.80 Å². The molecule has 5 heteroatoms. The zero-order valence-electron chi connectivity index (χ0n) is 14.2. The van der Waals surface area contributed by atoms with Crippen molar-refractivity contribution < 1.29 is 14.6 Å². The number of benzene rings is 1. The molecule has 2 atom stereocenters. The van der Waals surface area contributed by atoms with Crippen molar-refractivity contribution >= 4 is 0 Å². The smallest absolute Gasteiger partial charge is 0.123 e. The van der Waals surface area contributed by atoms with Crippen LogP contribution in [0.15, 0.2) is 24.3 Å².